The average Bonchev–Trinajstić information content (AvgIpc) is 2.83. The van der Waals surface area contributed by atoms with Gasteiger partial charge in [-0.3, -0.25) is 9.69 Å². The molecule has 100 valence electrons. The van der Waals surface area contributed by atoms with Crippen LogP contribution in [-0.4, -0.2) is 33.5 Å². The van der Waals surface area contributed by atoms with Crippen molar-refractivity contribution in [3.63, 3.8) is 0 Å². The minimum atomic E-state index is -0.698. The van der Waals surface area contributed by atoms with Crippen LogP contribution in [0.4, 0.5) is 0 Å². The molecule has 2 unspecified atom stereocenters. The first kappa shape index (κ1) is 13.5. The van der Waals surface area contributed by atoms with E-state index < -0.39 is 5.97 Å². The number of aliphatic carboxylic acids is 1. The molecule has 0 bridgehead atoms. The molecule has 1 saturated heterocycles. The van der Waals surface area contributed by atoms with Gasteiger partial charge in [-0.2, -0.15) is 0 Å². The molecule has 5 heteroatoms. The second kappa shape index (κ2) is 5.36. The van der Waals surface area contributed by atoms with Gasteiger partial charge in [0, 0.05) is 17.0 Å². The fourth-order valence-corrected chi connectivity index (χ4v) is 3.87. The summed E-state index contributed by atoms with van der Waals surface area (Å²) in [6.45, 7) is 7.22. The molecule has 2 atom stereocenters. The molecule has 4 nitrogen and oxygen atoms in total. The Balaban J connectivity index is 2.14. The van der Waals surface area contributed by atoms with Crippen molar-refractivity contribution < 1.29 is 9.90 Å². The molecule has 1 fully saturated rings. The van der Waals surface area contributed by atoms with Crippen LogP contribution in [0.3, 0.4) is 0 Å². The summed E-state index contributed by atoms with van der Waals surface area (Å²) in [5.41, 5.74) is 1.09. The van der Waals surface area contributed by atoms with Gasteiger partial charge < -0.3 is 5.11 Å². The van der Waals surface area contributed by atoms with Crippen LogP contribution in [0.15, 0.2) is 0 Å². The van der Waals surface area contributed by atoms with Crippen LogP contribution in [0.2, 0.25) is 0 Å². The van der Waals surface area contributed by atoms with Gasteiger partial charge in [0.2, 0.25) is 0 Å². The molecule has 1 N–H and O–H groups in total. The smallest absolute Gasteiger partial charge is 0.304 e. The summed E-state index contributed by atoms with van der Waals surface area (Å²) in [6, 6.07) is 0.461. The van der Waals surface area contributed by atoms with Crippen molar-refractivity contribution in [2.75, 3.05) is 6.54 Å². The molecule has 1 aromatic rings. The molecule has 18 heavy (non-hydrogen) atoms. The van der Waals surface area contributed by atoms with Gasteiger partial charge in [-0.1, -0.05) is 0 Å². The number of carbonyl (C=O) groups is 1. The van der Waals surface area contributed by atoms with Crippen molar-refractivity contribution in [3.05, 3.63) is 15.6 Å². The lowest BCUT2D eigenvalue weighted by atomic mass is 10.1. The largest absolute Gasteiger partial charge is 0.481 e. The van der Waals surface area contributed by atoms with Crippen LogP contribution >= 0.6 is 11.3 Å². The van der Waals surface area contributed by atoms with Crippen molar-refractivity contribution in [1.29, 1.82) is 0 Å². The number of likely N-dealkylation sites (tertiary alicyclic amines) is 1. The molecule has 0 aromatic carbocycles. The van der Waals surface area contributed by atoms with Gasteiger partial charge in [0.15, 0.2) is 0 Å². The number of rotatable bonds is 4. The Morgan fingerprint density at radius 1 is 1.61 bits per heavy atom. The summed E-state index contributed by atoms with van der Waals surface area (Å²) in [6.07, 6.45) is 2.34. The lowest BCUT2D eigenvalue weighted by molar-refractivity contribution is -0.138. The van der Waals surface area contributed by atoms with Crippen LogP contribution in [0.5, 0.6) is 0 Å². The zero-order valence-electron chi connectivity index (χ0n) is 11.1. The third-order valence-corrected chi connectivity index (χ3v) is 4.89. The predicted molar refractivity (Wildman–Crippen MR) is 72.0 cm³/mol. The Bertz CT molecular complexity index is 444. The number of aromatic nitrogens is 1. The molecule has 0 aliphatic carbocycles. The number of carboxylic acid groups (broad SMARTS) is 1. The van der Waals surface area contributed by atoms with Crippen LogP contribution in [-0.2, 0) is 4.79 Å². The molecule has 2 rings (SSSR count). The van der Waals surface area contributed by atoms with Crippen LogP contribution in [0.1, 0.15) is 47.8 Å². The molecule has 1 aliphatic heterocycles. The Labute approximate surface area is 112 Å². The zero-order valence-corrected chi connectivity index (χ0v) is 12.0. The highest BCUT2D eigenvalue weighted by molar-refractivity contribution is 7.11. The van der Waals surface area contributed by atoms with Crippen molar-refractivity contribution in [2.24, 2.45) is 0 Å². The lowest BCUT2D eigenvalue weighted by Gasteiger charge is -2.29. The van der Waals surface area contributed by atoms with Gasteiger partial charge in [0.25, 0.3) is 0 Å². The Hall–Kier alpha value is -0.940. The average molecular weight is 268 g/mol. The van der Waals surface area contributed by atoms with Gasteiger partial charge in [0.1, 0.15) is 0 Å². The highest BCUT2D eigenvalue weighted by atomic mass is 32.1. The lowest BCUT2D eigenvalue weighted by Crippen LogP contribution is -2.33. The highest BCUT2D eigenvalue weighted by Crippen LogP contribution is 2.34. The molecule has 0 amide bonds. The van der Waals surface area contributed by atoms with Crippen LogP contribution in [0.25, 0.3) is 0 Å². The quantitative estimate of drug-likeness (QED) is 0.912. The number of nitrogens with zero attached hydrogens (tertiary/aromatic N) is 2. The summed E-state index contributed by atoms with van der Waals surface area (Å²) in [7, 11) is 0. The number of carboxylic acids is 1. The number of thiazole rings is 1. The molecular formula is C13H20N2O2S. The summed E-state index contributed by atoms with van der Waals surface area (Å²) in [5.74, 6) is -0.698. The summed E-state index contributed by atoms with van der Waals surface area (Å²) < 4.78 is 0. The first-order valence-corrected chi connectivity index (χ1v) is 7.22. The molecule has 0 saturated carbocycles. The third-order valence-electron chi connectivity index (χ3n) is 3.65. The molecule has 2 heterocycles. The molecule has 0 radical (unpaired) electrons. The van der Waals surface area contributed by atoms with Crippen LogP contribution in [0, 0.1) is 13.8 Å². The van der Waals surface area contributed by atoms with Gasteiger partial charge >= 0.3 is 5.97 Å². The SMILES string of the molecule is Cc1nc(C)c(C(C)N2CCCC2CC(=O)O)s1. The summed E-state index contributed by atoms with van der Waals surface area (Å²) >= 11 is 1.73. The predicted octanol–water partition coefficient (Wildman–Crippen LogP) is 2.76. The molecule has 0 spiro atoms. The van der Waals surface area contributed by atoms with Gasteiger partial charge in [0.05, 0.1) is 17.1 Å². The van der Waals surface area contributed by atoms with E-state index in [1.54, 1.807) is 11.3 Å². The van der Waals surface area contributed by atoms with E-state index in [2.05, 4.69) is 16.8 Å². The maximum atomic E-state index is 10.9. The first-order valence-electron chi connectivity index (χ1n) is 6.40. The summed E-state index contributed by atoms with van der Waals surface area (Å²) in [4.78, 5) is 19.0. The second-order valence-corrected chi connectivity index (χ2v) is 6.23. The monoisotopic (exact) mass is 268 g/mol. The standard InChI is InChI=1S/C13H20N2O2S/c1-8-13(18-10(3)14-8)9(2)15-6-4-5-11(15)7-12(16)17/h9,11H,4-7H2,1-3H3,(H,16,17). The molecule has 1 aromatic heterocycles. The number of hydrogen-bond donors (Lipinski definition) is 1. The third kappa shape index (κ3) is 2.72. The van der Waals surface area contributed by atoms with E-state index in [1.807, 2.05) is 13.8 Å². The highest BCUT2D eigenvalue weighted by Gasteiger charge is 2.32. The van der Waals surface area contributed by atoms with Gasteiger partial charge in [-0.15, -0.1) is 11.3 Å². The maximum Gasteiger partial charge on any atom is 0.304 e. The fourth-order valence-electron chi connectivity index (χ4n) is 2.87. The van der Waals surface area contributed by atoms with Crippen LogP contribution < -0.4 is 0 Å². The minimum Gasteiger partial charge on any atom is -0.481 e. The second-order valence-electron chi connectivity index (χ2n) is 4.99. The fraction of sp³-hybridized carbons (Fsp3) is 0.692. The van der Waals surface area contributed by atoms with Crippen molar-refractivity contribution in [1.82, 2.24) is 9.88 Å². The zero-order chi connectivity index (χ0) is 13.3. The van der Waals surface area contributed by atoms with Crippen molar-refractivity contribution in [2.45, 2.75) is 52.1 Å². The van der Waals surface area contributed by atoms with E-state index in [4.69, 9.17) is 5.11 Å². The van der Waals surface area contributed by atoms with E-state index in [0.717, 1.165) is 30.1 Å². The van der Waals surface area contributed by atoms with E-state index in [-0.39, 0.29) is 18.5 Å². The van der Waals surface area contributed by atoms with E-state index in [9.17, 15) is 4.79 Å². The van der Waals surface area contributed by atoms with Crippen molar-refractivity contribution in [3.8, 4) is 0 Å². The first-order chi connectivity index (χ1) is 8.49. The normalized spacial score (nSPS) is 22.3. The molecular weight excluding hydrogens is 248 g/mol. The molecule has 1 aliphatic rings. The van der Waals surface area contributed by atoms with E-state index >= 15 is 0 Å². The summed E-state index contributed by atoms with van der Waals surface area (Å²) in [5, 5.41) is 10.1. The Kier molecular flexibility index (Phi) is 4.02. The maximum absolute atomic E-state index is 10.9. The topological polar surface area (TPSA) is 53.4 Å². The van der Waals surface area contributed by atoms with E-state index in [0.29, 0.717) is 0 Å². The Morgan fingerprint density at radius 3 is 2.89 bits per heavy atom. The number of hydrogen-bond acceptors (Lipinski definition) is 4. The van der Waals surface area contributed by atoms with Gasteiger partial charge in [-0.05, 0) is 40.2 Å². The minimum absolute atomic E-state index is 0.180. The Morgan fingerprint density at radius 2 is 2.33 bits per heavy atom. The number of aryl methyl sites for hydroxylation is 2. The van der Waals surface area contributed by atoms with Gasteiger partial charge in [-0.25, -0.2) is 4.98 Å². The van der Waals surface area contributed by atoms with Crippen molar-refractivity contribution >= 4 is 17.3 Å². The van der Waals surface area contributed by atoms with E-state index in [1.165, 1.54) is 4.88 Å².